The molecular formula is C13H18FN. The zero-order valence-electron chi connectivity index (χ0n) is 9.39. The lowest BCUT2D eigenvalue weighted by Crippen LogP contribution is -2.21. The van der Waals surface area contributed by atoms with Crippen LogP contribution in [-0.4, -0.2) is 6.04 Å². The van der Waals surface area contributed by atoms with Crippen LogP contribution in [0.1, 0.15) is 36.0 Å². The quantitative estimate of drug-likeness (QED) is 0.752. The summed E-state index contributed by atoms with van der Waals surface area (Å²) >= 11 is 0. The van der Waals surface area contributed by atoms with Crippen LogP contribution < -0.4 is 5.73 Å². The molecule has 1 fully saturated rings. The Bertz CT molecular complexity index is 375. The molecule has 0 spiro atoms. The Morgan fingerprint density at radius 1 is 1.33 bits per heavy atom. The van der Waals surface area contributed by atoms with Crippen LogP contribution in [0.25, 0.3) is 0 Å². The van der Waals surface area contributed by atoms with Gasteiger partial charge in [-0.05, 0) is 43.4 Å². The van der Waals surface area contributed by atoms with E-state index in [9.17, 15) is 4.39 Å². The standard InChI is InChI=1S/C13H18FN/c1-9-3-4-11(7-10(9)2)13(14)6-5-12(15)8-13/h3-4,7,12H,5-6,8,15H2,1-2H3. The number of halogens is 1. The van der Waals surface area contributed by atoms with Gasteiger partial charge in [0.1, 0.15) is 5.67 Å². The van der Waals surface area contributed by atoms with E-state index < -0.39 is 5.67 Å². The molecule has 2 unspecified atom stereocenters. The number of aryl methyl sites for hydroxylation is 2. The maximum Gasteiger partial charge on any atom is 0.137 e. The molecule has 0 aliphatic heterocycles. The fourth-order valence-electron chi connectivity index (χ4n) is 2.32. The fourth-order valence-corrected chi connectivity index (χ4v) is 2.32. The smallest absolute Gasteiger partial charge is 0.137 e. The molecular weight excluding hydrogens is 189 g/mol. The highest BCUT2D eigenvalue weighted by atomic mass is 19.1. The molecule has 0 heterocycles. The van der Waals surface area contributed by atoms with E-state index in [-0.39, 0.29) is 6.04 Å². The van der Waals surface area contributed by atoms with Crippen LogP contribution in [0.2, 0.25) is 0 Å². The Hall–Kier alpha value is -0.890. The van der Waals surface area contributed by atoms with E-state index in [1.165, 1.54) is 5.56 Å². The minimum Gasteiger partial charge on any atom is -0.328 e. The summed E-state index contributed by atoms with van der Waals surface area (Å²) < 4.78 is 14.5. The number of rotatable bonds is 1. The predicted molar refractivity (Wildman–Crippen MR) is 60.5 cm³/mol. The molecule has 1 nitrogen and oxygen atoms in total. The second kappa shape index (κ2) is 3.60. The Morgan fingerprint density at radius 2 is 2.07 bits per heavy atom. The summed E-state index contributed by atoms with van der Waals surface area (Å²) in [4.78, 5) is 0. The summed E-state index contributed by atoms with van der Waals surface area (Å²) in [5.41, 5.74) is 7.77. The molecule has 0 radical (unpaired) electrons. The zero-order valence-corrected chi connectivity index (χ0v) is 9.39. The van der Waals surface area contributed by atoms with Crippen molar-refractivity contribution in [2.75, 3.05) is 0 Å². The van der Waals surface area contributed by atoms with Gasteiger partial charge in [-0.15, -0.1) is 0 Å². The van der Waals surface area contributed by atoms with Crippen LogP contribution in [0, 0.1) is 13.8 Å². The van der Waals surface area contributed by atoms with Gasteiger partial charge in [0.15, 0.2) is 0 Å². The topological polar surface area (TPSA) is 26.0 Å². The first kappa shape index (κ1) is 10.6. The molecule has 15 heavy (non-hydrogen) atoms. The third-order valence-corrected chi connectivity index (χ3v) is 3.52. The van der Waals surface area contributed by atoms with Gasteiger partial charge >= 0.3 is 0 Å². The number of hydrogen-bond donors (Lipinski definition) is 1. The fraction of sp³-hybridized carbons (Fsp3) is 0.538. The maximum atomic E-state index is 14.5. The number of hydrogen-bond acceptors (Lipinski definition) is 1. The highest BCUT2D eigenvalue weighted by molar-refractivity contribution is 5.34. The number of nitrogens with two attached hydrogens (primary N) is 1. The predicted octanol–water partition coefficient (Wildman–Crippen LogP) is 2.98. The molecule has 1 aliphatic rings. The van der Waals surface area contributed by atoms with Crippen molar-refractivity contribution >= 4 is 0 Å². The molecule has 1 aliphatic carbocycles. The van der Waals surface area contributed by atoms with Gasteiger partial charge in [-0.25, -0.2) is 4.39 Å². The van der Waals surface area contributed by atoms with Gasteiger partial charge in [-0.1, -0.05) is 18.2 Å². The summed E-state index contributed by atoms with van der Waals surface area (Å²) in [7, 11) is 0. The van der Waals surface area contributed by atoms with E-state index in [1.54, 1.807) is 0 Å². The van der Waals surface area contributed by atoms with Gasteiger partial charge in [0, 0.05) is 12.5 Å². The van der Waals surface area contributed by atoms with Gasteiger partial charge in [0.05, 0.1) is 0 Å². The molecule has 0 saturated heterocycles. The molecule has 2 rings (SSSR count). The average Bonchev–Trinajstić information content (AvgIpc) is 2.52. The van der Waals surface area contributed by atoms with E-state index in [4.69, 9.17) is 5.73 Å². The molecule has 2 N–H and O–H groups in total. The van der Waals surface area contributed by atoms with E-state index in [0.29, 0.717) is 12.8 Å². The van der Waals surface area contributed by atoms with Gasteiger partial charge < -0.3 is 5.73 Å². The first-order chi connectivity index (χ1) is 7.01. The van der Waals surface area contributed by atoms with Crippen LogP contribution in [0.4, 0.5) is 4.39 Å². The molecule has 82 valence electrons. The van der Waals surface area contributed by atoms with Gasteiger partial charge in [0.2, 0.25) is 0 Å². The van der Waals surface area contributed by atoms with Crippen molar-refractivity contribution in [3.05, 3.63) is 34.9 Å². The van der Waals surface area contributed by atoms with Gasteiger partial charge in [-0.3, -0.25) is 0 Å². The van der Waals surface area contributed by atoms with Gasteiger partial charge in [0.25, 0.3) is 0 Å². The monoisotopic (exact) mass is 207 g/mol. The van der Waals surface area contributed by atoms with Crippen LogP contribution in [0.5, 0.6) is 0 Å². The summed E-state index contributed by atoms with van der Waals surface area (Å²) in [6.07, 6.45) is 1.83. The first-order valence-corrected chi connectivity index (χ1v) is 5.53. The SMILES string of the molecule is Cc1ccc(C2(F)CCC(N)C2)cc1C. The molecule has 0 bridgehead atoms. The van der Waals surface area contributed by atoms with E-state index in [2.05, 4.69) is 0 Å². The molecule has 2 atom stereocenters. The third-order valence-electron chi connectivity index (χ3n) is 3.52. The lowest BCUT2D eigenvalue weighted by Gasteiger charge is -2.20. The van der Waals surface area contributed by atoms with Crippen LogP contribution >= 0.6 is 0 Å². The molecule has 1 saturated carbocycles. The summed E-state index contributed by atoms with van der Waals surface area (Å²) in [6, 6.07) is 5.89. The minimum atomic E-state index is -1.18. The van der Waals surface area contributed by atoms with Crippen molar-refractivity contribution in [2.45, 2.75) is 44.8 Å². The van der Waals surface area contributed by atoms with Crippen molar-refractivity contribution in [1.82, 2.24) is 0 Å². The van der Waals surface area contributed by atoms with Crippen LogP contribution in [0.3, 0.4) is 0 Å². The largest absolute Gasteiger partial charge is 0.328 e. The van der Waals surface area contributed by atoms with Crippen molar-refractivity contribution in [3.8, 4) is 0 Å². The minimum absolute atomic E-state index is 0.0246. The third kappa shape index (κ3) is 1.91. The van der Waals surface area contributed by atoms with Crippen molar-refractivity contribution in [3.63, 3.8) is 0 Å². The second-order valence-electron chi connectivity index (χ2n) is 4.77. The molecule has 0 amide bonds. The van der Waals surface area contributed by atoms with E-state index in [1.807, 2.05) is 32.0 Å². The van der Waals surface area contributed by atoms with Crippen molar-refractivity contribution < 1.29 is 4.39 Å². The zero-order chi connectivity index (χ0) is 11.1. The average molecular weight is 207 g/mol. The number of alkyl halides is 1. The Morgan fingerprint density at radius 3 is 2.60 bits per heavy atom. The Kier molecular flexibility index (Phi) is 2.55. The maximum absolute atomic E-state index is 14.5. The summed E-state index contributed by atoms with van der Waals surface area (Å²) in [5, 5.41) is 0. The first-order valence-electron chi connectivity index (χ1n) is 5.53. The lowest BCUT2D eigenvalue weighted by atomic mass is 9.91. The highest BCUT2D eigenvalue weighted by Gasteiger charge is 2.39. The number of benzene rings is 1. The van der Waals surface area contributed by atoms with Crippen molar-refractivity contribution in [1.29, 1.82) is 0 Å². The van der Waals surface area contributed by atoms with Gasteiger partial charge in [-0.2, -0.15) is 0 Å². The van der Waals surface area contributed by atoms with Crippen LogP contribution in [0.15, 0.2) is 18.2 Å². The highest BCUT2D eigenvalue weighted by Crippen LogP contribution is 2.42. The molecule has 0 aromatic heterocycles. The van der Waals surface area contributed by atoms with E-state index >= 15 is 0 Å². The Balaban J connectivity index is 2.33. The molecule has 1 aromatic carbocycles. The second-order valence-corrected chi connectivity index (χ2v) is 4.77. The van der Waals surface area contributed by atoms with Crippen LogP contribution in [-0.2, 0) is 5.67 Å². The van der Waals surface area contributed by atoms with Crippen molar-refractivity contribution in [2.24, 2.45) is 5.73 Å². The lowest BCUT2D eigenvalue weighted by molar-refractivity contribution is 0.172. The summed E-state index contributed by atoms with van der Waals surface area (Å²) in [6.45, 7) is 4.07. The molecule has 2 heteroatoms. The Labute approximate surface area is 90.5 Å². The molecule has 1 aromatic rings. The summed E-state index contributed by atoms with van der Waals surface area (Å²) in [5.74, 6) is 0. The van der Waals surface area contributed by atoms with E-state index in [0.717, 1.165) is 17.5 Å². The normalized spacial score (nSPS) is 30.8.